The van der Waals surface area contributed by atoms with Gasteiger partial charge < -0.3 is 16.0 Å². The van der Waals surface area contributed by atoms with Crippen LogP contribution in [0.2, 0.25) is 0 Å². The van der Waals surface area contributed by atoms with E-state index in [2.05, 4.69) is 16.0 Å². The molecule has 2 aromatic carbocycles. The molecule has 0 saturated carbocycles. The van der Waals surface area contributed by atoms with Crippen LogP contribution in [-0.2, 0) is 0 Å². The Kier molecular flexibility index (Phi) is 4.15. The van der Waals surface area contributed by atoms with Gasteiger partial charge >= 0.3 is 0 Å². The fourth-order valence-electron chi connectivity index (χ4n) is 1.56. The van der Waals surface area contributed by atoms with Gasteiger partial charge in [-0.05, 0) is 42.5 Å². The lowest BCUT2D eigenvalue weighted by Gasteiger charge is -2.10. The van der Waals surface area contributed by atoms with Gasteiger partial charge in [-0.15, -0.1) is 0 Å². The topological polar surface area (TPSA) is 36.1 Å². The summed E-state index contributed by atoms with van der Waals surface area (Å²) in [6.07, 6.45) is 0. The largest absolute Gasteiger partial charge is 0.366 e. The highest BCUT2D eigenvalue weighted by molar-refractivity contribution is 7.80. The third-order valence-corrected chi connectivity index (χ3v) is 2.72. The van der Waals surface area contributed by atoms with Crippen molar-refractivity contribution in [2.75, 3.05) is 17.7 Å². The van der Waals surface area contributed by atoms with Gasteiger partial charge in [0.2, 0.25) is 0 Å². The number of hydrogen-bond donors (Lipinski definition) is 3. The molecule has 3 nitrogen and oxygen atoms in total. The van der Waals surface area contributed by atoms with Gasteiger partial charge in [-0.3, -0.25) is 0 Å². The third kappa shape index (κ3) is 3.46. The third-order valence-electron chi connectivity index (χ3n) is 2.41. The first-order valence-corrected chi connectivity index (χ1v) is 6.09. The molecule has 0 aliphatic rings. The molecule has 0 fully saturated rings. The molecule has 0 bridgehead atoms. The van der Waals surface area contributed by atoms with E-state index in [-0.39, 0.29) is 0 Å². The Morgan fingerprint density at radius 1 is 0.889 bits per heavy atom. The zero-order valence-corrected chi connectivity index (χ0v) is 10.9. The van der Waals surface area contributed by atoms with Gasteiger partial charge in [-0.25, -0.2) is 0 Å². The average Bonchev–Trinajstić information content (AvgIpc) is 2.40. The van der Waals surface area contributed by atoms with Crippen molar-refractivity contribution in [1.82, 2.24) is 5.32 Å². The predicted octanol–water partition coefficient (Wildman–Crippen LogP) is 3.35. The lowest BCUT2D eigenvalue weighted by atomic mass is 10.2. The number of para-hydroxylation sites is 1. The first-order valence-electron chi connectivity index (χ1n) is 5.69. The van der Waals surface area contributed by atoms with E-state index in [0.29, 0.717) is 5.11 Å². The molecular formula is C14H15N3S. The fourth-order valence-corrected chi connectivity index (χ4v) is 1.67. The molecule has 0 atom stereocenters. The predicted molar refractivity (Wildman–Crippen MR) is 81.4 cm³/mol. The van der Waals surface area contributed by atoms with Crippen LogP contribution in [0.15, 0.2) is 54.6 Å². The first kappa shape index (κ1) is 12.4. The maximum Gasteiger partial charge on any atom is 0.170 e. The highest BCUT2D eigenvalue weighted by Crippen LogP contribution is 2.19. The second kappa shape index (κ2) is 6.02. The molecule has 3 N–H and O–H groups in total. The zero-order chi connectivity index (χ0) is 12.8. The smallest absolute Gasteiger partial charge is 0.170 e. The van der Waals surface area contributed by atoms with Gasteiger partial charge in [-0.2, -0.15) is 0 Å². The maximum atomic E-state index is 5.07. The Morgan fingerprint density at radius 2 is 1.56 bits per heavy atom. The lowest BCUT2D eigenvalue weighted by Crippen LogP contribution is -2.24. The molecule has 0 heterocycles. The molecule has 0 aliphatic carbocycles. The Labute approximate surface area is 112 Å². The minimum atomic E-state index is 0.604. The van der Waals surface area contributed by atoms with Crippen LogP contribution in [0, 0.1) is 0 Å². The standard InChI is InChI=1S/C14H15N3S/c1-15-14(18)17-13-9-5-8-12(10-13)16-11-6-3-2-4-7-11/h2-10,16H,1H3,(H2,15,17,18). The number of hydrogen-bond acceptors (Lipinski definition) is 2. The van der Waals surface area contributed by atoms with Gasteiger partial charge in [-0.1, -0.05) is 24.3 Å². The monoisotopic (exact) mass is 257 g/mol. The molecule has 0 unspecified atom stereocenters. The summed E-state index contributed by atoms with van der Waals surface area (Å²) in [6, 6.07) is 18.0. The van der Waals surface area contributed by atoms with Gasteiger partial charge in [0.25, 0.3) is 0 Å². The lowest BCUT2D eigenvalue weighted by molar-refractivity contribution is 1.20. The summed E-state index contributed by atoms with van der Waals surface area (Å²) in [5.41, 5.74) is 3.03. The van der Waals surface area contributed by atoms with Crippen LogP contribution in [0.1, 0.15) is 0 Å². The summed E-state index contributed by atoms with van der Waals surface area (Å²) in [7, 11) is 1.79. The fraction of sp³-hybridized carbons (Fsp3) is 0.0714. The molecule has 0 radical (unpaired) electrons. The zero-order valence-electron chi connectivity index (χ0n) is 10.1. The minimum Gasteiger partial charge on any atom is -0.366 e. The molecule has 18 heavy (non-hydrogen) atoms. The Morgan fingerprint density at radius 3 is 2.28 bits per heavy atom. The minimum absolute atomic E-state index is 0.604. The molecule has 0 amide bonds. The van der Waals surface area contributed by atoms with E-state index in [0.717, 1.165) is 17.1 Å². The quantitative estimate of drug-likeness (QED) is 0.737. The number of nitrogens with one attached hydrogen (secondary N) is 3. The van der Waals surface area contributed by atoms with E-state index in [4.69, 9.17) is 12.2 Å². The first-order chi connectivity index (χ1) is 8.78. The summed E-state index contributed by atoms with van der Waals surface area (Å²) < 4.78 is 0. The molecule has 92 valence electrons. The van der Waals surface area contributed by atoms with Crippen molar-refractivity contribution in [1.29, 1.82) is 0 Å². The molecule has 0 saturated heterocycles. The summed E-state index contributed by atoms with van der Waals surface area (Å²) >= 11 is 5.07. The van der Waals surface area contributed by atoms with Crippen LogP contribution in [0.4, 0.5) is 17.1 Å². The van der Waals surface area contributed by atoms with E-state index in [1.54, 1.807) is 7.05 Å². The molecule has 4 heteroatoms. The van der Waals surface area contributed by atoms with Crippen LogP contribution in [-0.4, -0.2) is 12.2 Å². The highest BCUT2D eigenvalue weighted by Gasteiger charge is 1.98. The number of anilines is 3. The van der Waals surface area contributed by atoms with Crippen LogP contribution in [0.25, 0.3) is 0 Å². The van der Waals surface area contributed by atoms with Crippen molar-refractivity contribution >= 4 is 34.4 Å². The molecular weight excluding hydrogens is 242 g/mol. The van der Waals surface area contributed by atoms with Crippen LogP contribution in [0.5, 0.6) is 0 Å². The second-order valence-electron chi connectivity index (χ2n) is 3.78. The molecule has 0 spiro atoms. The summed E-state index contributed by atoms with van der Waals surface area (Å²) in [4.78, 5) is 0. The normalized spacial score (nSPS) is 9.61. The SMILES string of the molecule is CNC(=S)Nc1cccc(Nc2ccccc2)c1. The van der Waals surface area contributed by atoms with Gasteiger partial charge in [0.1, 0.15) is 0 Å². The summed E-state index contributed by atoms with van der Waals surface area (Å²) in [5, 5.41) is 9.92. The second-order valence-corrected chi connectivity index (χ2v) is 4.18. The molecule has 2 aromatic rings. The van der Waals surface area contributed by atoms with Gasteiger partial charge in [0.15, 0.2) is 5.11 Å². The van der Waals surface area contributed by atoms with Crippen molar-refractivity contribution in [2.24, 2.45) is 0 Å². The van der Waals surface area contributed by atoms with Crippen LogP contribution in [0.3, 0.4) is 0 Å². The van der Waals surface area contributed by atoms with Gasteiger partial charge in [0.05, 0.1) is 0 Å². The van der Waals surface area contributed by atoms with E-state index in [9.17, 15) is 0 Å². The highest BCUT2D eigenvalue weighted by atomic mass is 32.1. The Balaban J connectivity index is 2.10. The van der Waals surface area contributed by atoms with Crippen molar-refractivity contribution in [3.05, 3.63) is 54.6 Å². The summed E-state index contributed by atoms with van der Waals surface area (Å²) in [6.45, 7) is 0. The Hall–Kier alpha value is -2.07. The number of rotatable bonds is 3. The molecule has 0 aromatic heterocycles. The van der Waals surface area contributed by atoms with Crippen molar-refractivity contribution < 1.29 is 0 Å². The van der Waals surface area contributed by atoms with Gasteiger partial charge in [0, 0.05) is 24.1 Å². The maximum absolute atomic E-state index is 5.07. The molecule has 0 aliphatic heterocycles. The van der Waals surface area contributed by atoms with Crippen molar-refractivity contribution in [3.8, 4) is 0 Å². The van der Waals surface area contributed by atoms with E-state index in [1.807, 2.05) is 54.6 Å². The van der Waals surface area contributed by atoms with Crippen molar-refractivity contribution in [3.63, 3.8) is 0 Å². The Bertz CT molecular complexity index is 526. The molecule has 2 rings (SSSR count). The average molecular weight is 257 g/mol. The van der Waals surface area contributed by atoms with Crippen LogP contribution < -0.4 is 16.0 Å². The van der Waals surface area contributed by atoms with E-state index >= 15 is 0 Å². The van der Waals surface area contributed by atoms with E-state index < -0.39 is 0 Å². The summed E-state index contributed by atoms with van der Waals surface area (Å²) in [5.74, 6) is 0. The van der Waals surface area contributed by atoms with Crippen molar-refractivity contribution in [2.45, 2.75) is 0 Å². The van der Waals surface area contributed by atoms with E-state index in [1.165, 1.54) is 0 Å². The number of thiocarbonyl (C=S) groups is 1. The van der Waals surface area contributed by atoms with Crippen LogP contribution >= 0.6 is 12.2 Å². The number of benzene rings is 2.